The van der Waals surface area contributed by atoms with Crippen molar-refractivity contribution in [3.63, 3.8) is 0 Å². The van der Waals surface area contributed by atoms with Crippen LogP contribution in [0.4, 0.5) is 0 Å². The van der Waals surface area contributed by atoms with E-state index in [4.69, 9.17) is 22.7 Å². The fraction of sp³-hybridized carbons (Fsp3) is 0.273. The molecule has 0 aliphatic carbocycles. The van der Waals surface area contributed by atoms with Crippen LogP contribution in [-0.4, -0.2) is 24.6 Å². The average molecular weight is 238 g/mol. The highest BCUT2D eigenvalue weighted by molar-refractivity contribution is 7.80. The fourth-order valence-corrected chi connectivity index (χ4v) is 1.27. The fourth-order valence-electron chi connectivity index (χ4n) is 1.17. The van der Waals surface area contributed by atoms with Crippen molar-refractivity contribution in [3.8, 4) is 5.75 Å². The van der Waals surface area contributed by atoms with Crippen LogP contribution >= 0.6 is 12.2 Å². The minimum absolute atomic E-state index is 0.157. The molecule has 1 aromatic rings. The molecule has 0 unspecified atom stereocenters. The van der Waals surface area contributed by atoms with Gasteiger partial charge in [-0.25, -0.2) is 0 Å². The van der Waals surface area contributed by atoms with Crippen molar-refractivity contribution in [1.29, 1.82) is 0 Å². The van der Waals surface area contributed by atoms with Crippen LogP contribution in [0.3, 0.4) is 0 Å². The Morgan fingerprint density at radius 2 is 2.31 bits per heavy atom. The third-order valence-corrected chi connectivity index (χ3v) is 2.19. The maximum absolute atomic E-state index is 11.6. The summed E-state index contributed by atoms with van der Waals surface area (Å²) in [6.45, 7) is 0.450. The van der Waals surface area contributed by atoms with Gasteiger partial charge in [-0.2, -0.15) is 0 Å². The summed E-state index contributed by atoms with van der Waals surface area (Å²) < 4.78 is 5.03. The lowest BCUT2D eigenvalue weighted by molar-refractivity contribution is 0.0954. The quantitative estimate of drug-likeness (QED) is 0.754. The summed E-state index contributed by atoms with van der Waals surface area (Å²) in [5.41, 5.74) is 5.88. The zero-order chi connectivity index (χ0) is 12.0. The number of nitrogens with two attached hydrogens (primary N) is 1. The van der Waals surface area contributed by atoms with Gasteiger partial charge in [0.15, 0.2) is 0 Å². The van der Waals surface area contributed by atoms with Gasteiger partial charge < -0.3 is 15.8 Å². The molecule has 0 heterocycles. The Morgan fingerprint density at radius 1 is 1.56 bits per heavy atom. The van der Waals surface area contributed by atoms with Crippen molar-refractivity contribution in [2.24, 2.45) is 5.73 Å². The zero-order valence-corrected chi connectivity index (χ0v) is 9.84. The Morgan fingerprint density at radius 3 is 2.94 bits per heavy atom. The number of carbonyl (C=O) groups excluding carboxylic acids is 1. The third kappa shape index (κ3) is 3.86. The number of thiocarbonyl (C=S) groups is 1. The van der Waals surface area contributed by atoms with Gasteiger partial charge in [0, 0.05) is 18.5 Å². The van der Waals surface area contributed by atoms with Crippen LogP contribution in [0.25, 0.3) is 0 Å². The van der Waals surface area contributed by atoms with Gasteiger partial charge in [-0.05, 0) is 18.2 Å². The maximum atomic E-state index is 11.6. The van der Waals surface area contributed by atoms with Crippen LogP contribution < -0.4 is 15.8 Å². The van der Waals surface area contributed by atoms with E-state index in [0.717, 1.165) is 0 Å². The number of ether oxygens (including phenoxy) is 1. The lowest BCUT2D eigenvalue weighted by atomic mass is 10.2. The van der Waals surface area contributed by atoms with Gasteiger partial charge in [0.05, 0.1) is 12.1 Å². The van der Waals surface area contributed by atoms with Gasteiger partial charge in [0.1, 0.15) is 5.75 Å². The molecule has 5 heteroatoms. The van der Waals surface area contributed by atoms with Crippen molar-refractivity contribution in [1.82, 2.24) is 5.32 Å². The molecule has 1 amide bonds. The molecule has 86 valence electrons. The van der Waals surface area contributed by atoms with Gasteiger partial charge in [-0.1, -0.05) is 18.3 Å². The molecule has 0 aliphatic rings. The highest BCUT2D eigenvalue weighted by atomic mass is 32.1. The molecule has 4 nitrogen and oxygen atoms in total. The van der Waals surface area contributed by atoms with Crippen molar-refractivity contribution < 1.29 is 9.53 Å². The number of benzene rings is 1. The molecule has 1 rings (SSSR count). The molecule has 0 atom stereocenters. The average Bonchev–Trinajstić information content (AvgIpc) is 2.28. The molecule has 0 saturated heterocycles. The molecular formula is C11H14N2O2S. The highest BCUT2D eigenvalue weighted by Crippen LogP contribution is 2.12. The van der Waals surface area contributed by atoms with Crippen LogP contribution in [0.15, 0.2) is 24.3 Å². The Bertz CT molecular complexity index is 393. The van der Waals surface area contributed by atoms with E-state index in [1.807, 2.05) is 0 Å². The van der Waals surface area contributed by atoms with Crippen molar-refractivity contribution in [2.45, 2.75) is 6.42 Å². The summed E-state index contributed by atoms with van der Waals surface area (Å²) >= 11 is 4.71. The van der Waals surface area contributed by atoms with Crippen LogP contribution in [0.5, 0.6) is 5.75 Å². The number of hydrogen-bond donors (Lipinski definition) is 2. The Balaban J connectivity index is 2.55. The van der Waals surface area contributed by atoms with Gasteiger partial charge >= 0.3 is 0 Å². The number of nitrogens with one attached hydrogen (secondary N) is 1. The first-order chi connectivity index (χ1) is 7.63. The smallest absolute Gasteiger partial charge is 0.251 e. The summed E-state index contributed by atoms with van der Waals surface area (Å²) in [7, 11) is 1.56. The van der Waals surface area contributed by atoms with Crippen molar-refractivity contribution >= 4 is 23.1 Å². The molecule has 16 heavy (non-hydrogen) atoms. The zero-order valence-electron chi connectivity index (χ0n) is 9.03. The first kappa shape index (κ1) is 12.4. The van der Waals surface area contributed by atoms with E-state index in [-0.39, 0.29) is 5.91 Å². The molecule has 0 aliphatic heterocycles. The third-order valence-electron chi connectivity index (χ3n) is 1.99. The Hall–Kier alpha value is -1.62. The van der Waals surface area contributed by atoms with Crippen LogP contribution in [0.1, 0.15) is 16.8 Å². The minimum Gasteiger partial charge on any atom is -0.497 e. The second-order valence-corrected chi connectivity index (χ2v) is 3.73. The number of carbonyl (C=O) groups is 1. The molecule has 1 aromatic carbocycles. The van der Waals surface area contributed by atoms with E-state index in [9.17, 15) is 4.79 Å². The monoisotopic (exact) mass is 238 g/mol. The van der Waals surface area contributed by atoms with Gasteiger partial charge in [0.25, 0.3) is 5.91 Å². The second-order valence-electron chi connectivity index (χ2n) is 3.20. The predicted molar refractivity (Wildman–Crippen MR) is 66.7 cm³/mol. The van der Waals surface area contributed by atoms with Crippen molar-refractivity contribution in [2.75, 3.05) is 13.7 Å². The summed E-state index contributed by atoms with van der Waals surface area (Å²) in [5, 5.41) is 2.72. The molecule has 3 N–H and O–H groups in total. The van der Waals surface area contributed by atoms with Crippen LogP contribution in [-0.2, 0) is 0 Å². The van der Waals surface area contributed by atoms with Crippen molar-refractivity contribution in [3.05, 3.63) is 29.8 Å². The predicted octanol–water partition coefficient (Wildman–Crippen LogP) is 1.10. The largest absolute Gasteiger partial charge is 0.497 e. The molecular weight excluding hydrogens is 224 g/mol. The van der Waals surface area contributed by atoms with Gasteiger partial charge in [0.2, 0.25) is 0 Å². The lowest BCUT2D eigenvalue weighted by Gasteiger charge is -2.05. The second kappa shape index (κ2) is 6.07. The van der Waals surface area contributed by atoms with E-state index < -0.39 is 0 Å². The molecule has 0 spiro atoms. The standard InChI is InChI=1S/C11H14N2O2S/c1-15-9-4-2-3-8(7-9)11(14)13-6-5-10(12)16/h2-4,7H,5-6H2,1H3,(H2,12,16)(H,13,14). The number of rotatable bonds is 5. The topological polar surface area (TPSA) is 64.3 Å². The first-order valence-corrected chi connectivity index (χ1v) is 5.25. The molecule has 0 radical (unpaired) electrons. The summed E-state index contributed by atoms with van der Waals surface area (Å²) in [6, 6.07) is 6.95. The molecule has 0 saturated carbocycles. The van der Waals surface area contributed by atoms with E-state index in [1.165, 1.54) is 0 Å². The van der Waals surface area contributed by atoms with E-state index in [1.54, 1.807) is 31.4 Å². The number of methoxy groups -OCH3 is 1. The minimum atomic E-state index is -0.157. The van der Waals surface area contributed by atoms with E-state index in [2.05, 4.69) is 5.32 Å². The number of hydrogen-bond acceptors (Lipinski definition) is 3. The summed E-state index contributed by atoms with van der Waals surface area (Å²) in [5.74, 6) is 0.497. The van der Waals surface area contributed by atoms with E-state index >= 15 is 0 Å². The van der Waals surface area contributed by atoms with Gasteiger partial charge in [-0.3, -0.25) is 4.79 Å². The highest BCUT2D eigenvalue weighted by Gasteiger charge is 2.05. The first-order valence-electron chi connectivity index (χ1n) is 4.84. The summed E-state index contributed by atoms with van der Waals surface area (Å²) in [4.78, 5) is 12.0. The molecule has 0 aromatic heterocycles. The summed E-state index contributed by atoms with van der Waals surface area (Å²) in [6.07, 6.45) is 0.505. The lowest BCUT2D eigenvalue weighted by Crippen LogP contribution is -2.27. The van der Waals surface area contributed by atoms with E-state index in [0.29, 0.717) is 29.3 Å². The number of amides is 1. The maximum Gasteiger partial charge on any atom is 0.251 e. The normalized spacial score (nSPS) is 9.56. The van der Waals surface area contributed by atoms with Gasteiger partial charge in [-0.15, -0.1) is 0 Å². The molecule has 0 bridgehead atoms. The van der Waals surface area contributed by atoms with Crippen LogP contribution in [0.2, 0.25) is 0 Å². The molecule has 0 fully saturated rings. The Labute approximate surface area is 99.8 Å². The van der Waals surface area contributed by atoms with Crippen LogP contribution in [0, 0.1) is 0 Å². The Kier molecular flexibility index (Phi) is 4.72. The SMILES string of the molecule is COc1cccc(C(=O)NCCC(N)=S)c1.